The van der Waals surface area contributed by atoms with Crippen molar-refractivity contribution in [3.63, 3.8) is 0 Å². The standard InChI is InChI=1S/C12H16ClN5O/c1-3-11(7-19-2)18-12(15-16-17-18)8-4-9(13)6-10(14)5-8/h4-6,11H,3,7,14H2,1-2H3. The molecule has 0 saturated heterocycles. The molecule has 6 nitrogen and oxygen atoms in total. The Hall–Kier alpha value is -1.66. The fourth-order valence-electron chi connectivity index (χ4n) is 1.92. The van der Waals surface area contributed by atoms with Gasteiger partial charge < -0.3 is 10.5 Å². The normalized spacial score (nSPS) is 12.6. The van der Waals surface area contributed by atoms with E-state index in [-0.39, 0.29) is 6.04 Å². The fraction of sp³-hybridized carbons (Fsp3) is 0.417. The van der Waals surface area contributed by atoms with Gasteiger partial charge in [0.2, 0.25) is 0 Å². The lowest BCUT2D eigenvalue weighted by Gasteiger charge is -2.15. The molecule has 19 heavy (non-hydrogen) atoms. The molecule has 102 valence electrons. The molecule has 1 atom stereocenters. The monoisotopic (exact) mass is 281 g/mol. The first-order valence-electron chi connectivity index (χ1n) is 5.99. The van der Waals surface area contributed by atoms with Gasteiger partial charge in [-0.15, -0.1) is 5.10 Å². The average Bonchev–Trinajstić information content (AvgIpc) is 2.83. The zero-order chi connectivity index (χ0) is 13.8. The van der Waals surface area contributed by atoms with Crippen molar-refractivity contribution in [1.29, 1.82) is 0 Å². The quantitative estimate of drug-likeness (QED) is 0.850. The van der Waals surface area contributed by atoms with Crippen LogP contribution in [0.4, 0.5) is 5.69 Å². The predicted molar refractivity (Wildman–Crippen MR) is 73.9 cm³/mol. The molecule has 1 aromatic carbocycles. The van der Waals surface area contributed by atoms with Crippen molar-refractivity contribution >= 4 is 17.3 Å². The summed E-state index contributed by atoms with van der Waals surface area (Å²) in [4.78, 5) is 0. The highest BCUT2D eigenvalue weighted by Gasteiger charge is 2.17. The van der Waals surface area contributed by atoms with Gasteiger partial charge >= 0.3 is 0 Å². The first-order chi connectivity index (χ1) is 9.15. The summed E-state index contributed by atoms with van der Waals surface area (Å²) in [5, 5.41) is 12.4. The van der Waals surface area contributed by atoms with Gasteiger partial charge in [-0.1, -0.05) is 18.5 Å². The van der Waals surface area contributed by atoms with E-state index in [9.17, 15) is 0 Å². The molecule has 1 unspecified atom stereocenters. The minimum Gasteiger partial charge on any atom is -0.399 e. The summed E-state index contributed by atoms with van der Waals surface area (Å²) in [5.41, 5.74) is 7.17. The topological polar surface area (TPSA) is 78.8 Å². The van der Waals surface area contributed by atoms with Crippen LogP contribution in [0.2, 0.25) is 5.02 Å². The van der Waals surface area contributed by atoms with Crippen molar-refractivity contribution in [2.75, 3.05) is 19.5 Å². The highest BCUT2D eigenvalue weighted by atomic mass is 35.5. The third kappa shape index (κ3) is 3.02. The number of hydrogen-bond acceptors (Lipinski definition) is 5. The number of hydrogen-bond donors (Lipinski definition) is 1. The summed E-state index contributed by atoms with van der Waals surface area (Å²) in [7, 11) is 1.66. The van der Waals surface area contributed by atoms with Crippen LogP contribution >= 0.6 is 11.6 Å². The van der Waals surface area contributed by atoms with Crippen molar-refractivity contribution in [2.24, 2.45) is 0 Å². The maximum Gasteiger partial charge on any atom is 0.182 e. The van der Waals surface area contributed by atoms with Crippen molar-refractivity contribution in [1.82, 2.24) is 20.2 Å². The van der Waals surface area contributed by atoms with E-state index < -0.39 is 0 Å². The van der Waals surface area contributed by atoms with Gasteiger partial charge in [0.05, 0.1) is 12.6 Å². The Balaban J connectivity index is 2.43. The highest BCUT2D eigenvalue weighted by Crippen LogP contribution is 2.26. The summed E-state index contributed by atoms with van der Waals surface area (Å²) in [6.07, 6.45) is 0.863. The van der Waals surface area contributed by atoms with Gasteiger partial charge in [-0.25, -0.2) is 4.68 Å². The average molecular weight is 282 g/mol. The third-order valence-corrected chi connectivity index (χ3v) is 3.07. The summed E-state index contributed by atoms with van der Waals surface area (Å²) >= 11 is 6.01. The Morgan fingerprint density at radius 2 is 2.21 bits per heavy atom. The molecule has 1 aromatic heterocycles. The predicted octanol–water partition coefficient (Wildman–Crippen LogP) is 2.17. The van der Waals surface area contributed by atoms with E-state index in [0.29, 0.717) is 23.1 Å². The molecule has 0 spiro atoms. The fourth-order valence-corrected chi connectivity index (χ4v) is 2.17. The smallest absolute Gasteiger partial charge is 0.182 e. The number of rotatable bonds is 5. The van der Waals surface area contributed by atoms with Crippen LogP contribution in [0.1, 0.15) is 19.4 Å². The van der Waals surface area contributed by atoms with Crippen molar-refractivity contribution in [3.05, 3.63) is 23.2 Å². The molecule has 0 aliphatic carbocycles. The molecule has 7 heteroatoms. The molecule has 0 amide bonds. The molecular weight excluding hydrogens is 266 g/mol. The number of nitrogen functional groups attached to an aromatic ring is 1. The van der Waals surface area contributed by atoms with E-state index >= 15 is 0 Å². The number of benzene rings is 1. The van der Waals surface area contributed by atoms with Crippen LogP contribution in [0.3, 0.4) is 0 Å². The first kappa shape index (κ1) is 13.8. The van der Waals surface area contributed by atoms with E-state index in [1.165, 1.54) is 0 Å². The molecule has 0 saturated carbocycles. The zero-order valence-electron chi connectivity index (χ0n) is 10.9. The van der Waals surface area contributed by atoms with E-state index in [1.807, 2.05) is 0 Å². The molecule has 2 rings (SSSR count). The Morgan fingerprint density at radius 3 is 2.84 bits per heavy atom. The second-order valence-electron chi connectivity index (χ2n) is 4.24. The van der Waals surface area contributed by atoms with Crippen LogP contribution in [-0.4, -0.2) is 33.9 Å². The number of anilines is 1. The number of nitrogens with two attached hydrogens (primary N) is 1. The molecule has 0 aliphatic rings. The summed E-state index contributed by atoms with van der Waals surface area (Å²) in [6, 6.07) is 5.36. The van der Waals surface area contributed by atoms with Gasteiger partial charge in [-0.05, 0) is 35.0 Å². The Morgan fingerprint density at radius 1 is 1.42 bits per heavy atom. The molecule has 0 radical (unpaired) electrons. The lowest BCUT2D eigenvalue weighted by Crippen LogP contribution is -2.16. The number of tetrazole rings is 1. The minimum absolute atomic E-state index is 0.0789. The van der Waals surface area contributed by atoms with E-state index in [0.717, 1.165) is 12.0 Å². The second kappa shape index (κ2) is 5.99. The maximum atomic E-state index is 6.01. The van der Waals surface area contributed by atoms with Crippen LogP contribution in [0.5, 0.6) is 0 Å². The van der Waals surface area contributed by atoms with Gasteiger partial charge in [0, 0.05) is 23.4 Å². The van der Waals surface area contributed by atoms with Gasteiger partial charge in [0.25, 0.3) is 0 Å². The largest absolute Gasteiger partial charge is 0.399 e. The number of methoxy groups -OCH3 is 1. The molecular formula is C12H16ClN5O. The second-order valence-corrected chi connectivity index (χ2v) is 4.67. The molecule has 0 aliphatic heterocycles. The van der Waals surface area contributed by atoms with E-state index in [2.05, 4.69) is 22.4 Å². The number of ether oxygens (including phenoxy) is 1. The lowest BCUT2D eigenvalue weighted by molar-refractivity contribution is 0.147. The molecule has 0 fully saturated rings. The Labute approximate surface area is 116 Å². The van der Waals surface area contributed by atoms with Crippen molar-refractivity contribution < 1.29 is 4.74 Å². The van der Waals surface area contributed by atoms with Crippen LogP contribution in [0.25, 0.3) is 11.4 Å². The van der Waals surface area contributed by atoms with Crippen molar-refractivity contribution in [2.45, 2.75) is 19.4 Å². The number of aromatic nitrogens is 4. The number of halogens is 1. The molecule has 1 heterocycles. The van der Waals surface area contributed by atoms with Crippen LogP contribution in [0.15, 0.2) is 18.2 Å². The summed E-state index contributed by atoms with van der Waals surface area (Å²) in [5.74, 6) is 0.637. The summed E-state index contributed by atoms with van der Waals surface area (Å²) < 4.78 is 6.93. The van der Waals surface area contributed by atoms with Gasteiger partial charge in [0.15, 0.2) is 5.82 Å². The van der Waals surface area contributed by atoms with E-state index in [1.54, 1.807) is 30.0 Å². The molecule has 2 aromatic rings. The van der Waals surface area contributed by atoms with E-state index in [4.69, 9.17) is 22.1 Å². The van der Waals surface area contributed by atoms with Gasteiger partial charge in [0.1, 0.15) is 0 Å². The zero-order valence-corrected chi connectivity index (χ0v) is 11.6. The summed E-state index contributed by atoms with van der Waals surface area (Å²) in [6.45, 7) is 2.60. The lowest BCUT2D eigenvalue weighted by atomic mass is 10.1. The van der Waals surface area contributed by atoms with Crippen LogP contribution < -0.4 is 5.73 Å². The molecule has 2 N–H and O–H groups in total. The minimum atomic E-state index is 0.0789. The van der Waals surface area contributed by atoms with Gasteiger partial charge in [-0.3, -0.25) is 0 Å². The van der Waals surface area contributed by atoms with Crippen molar-refractivity contribution in [3.8, 4) is 11.4 Å². The third-order valence-electron chi connectivity index (χ3n) is 2.85. The Kier molecular flexibility index (Phi) is 4.34. The SMILES string of the molecule is CCC(COC)n1nnnc1-c1cc(N)cc(Cl)c1. The Bertz CT molecular complexity index is 537. The highest BCUT2D eigenvalue weighted by molar-refractivity contribution is 6.31. The molecule has 0 bridgehead atoms. The maximum absolute atomic E-state index is 6.01. The van der Waals surface area contributed by atoms with Crippen LogP contribution in [-0.2, 0) is 4.74 Å². The van der Waals surface area contributed by atoms with Crippen LogP contribution in [0, 0.1) is 0 Å². The number of nitrogens with zero attached hydrogens (tertiary/aromatic N) is 4. The first-order valence-corrected chi connectivity index (χ1v) is 6.36. The van der Waals surface area contributed by atoms with Gasteiger partial charge in [-0.2, -0.15) is 0 Å².